The second-order valence-electron chi connectivity index (χ2n) is 5.09. The number of carbonyl (C=O) groups excluding carboxylic acids is 2. The lowest BCUT2D eigenvalue weighted by molar-refractivity contribution is -0.134. The van der Waals surface area contributed by atoms with E-state index in [1.54, 1.807) is 11.8 Å². The summed E-state index contributed by atoms with van der Waals surface area (Å²) in [6.45, 7) is 5.60. The number of piperazine rings is 1. The molecule has 1 aliphatic rings. The van der Waals surface area contributed by atoms with Crippen molar-refractivity contribution in [3.63, 3.8) is 0 Å². The van der Waals surface area contributed by atoms with Crippen LogP contribution in [0.3, 0.4) is 0 Å². The molecule has 1 saturated heterocycles. The van der Waals surface area contributed by atoms with Crippen LogP contribution in [0.25, 0.3) is 0 Å². The van der Waals surface area contributed by atoms with E-state index in [4.69, 9.17) is 0 Å². The van der Waals surface area contributed by atoms with Crippen molar-refractivity contribution in [2.24, 2.45) is 5.92 Å². The maximum atomic E-state index is 12.5. The van der Waals surface area contributed by atoms with E-state index in [-0.39, 0.29) is 17.7 Å². The van der Waals surface area contributed by atoms with E-state index in [9.17, 15) is 9.59 Å². The van der Waals surface area contributed by atoms with Crippen molar-refractivity contribution in [3.05, 3.63) is 28.7 Å². The van der Waals surface area contributed by atoms with Crippen LogP contribution in [0.1, 0.15) is 20.8 Å². The second-order valence-corrected chi connectivity index (χ2v) is 6.01. The number of rotatable bonds is 2. The van der Waals surface area contributed by atoms with Crippen LogP contribution >= 0.6 is 15.9 Å². The summed E-state index contributed by atoms with van der Waals surface area (Å²) in [5.74, 6) is -0.0902. The molecule has 2 amide bonds. The minimum absolute atomic E-state index is 0.0515. The third-order valence-electron chi connectivity index (χ3n) is 3.34. The van der Waals surface area contributed by atoms with Gasteiger partial charge in [-0.2, -0.15) is 0 Å². The molecule has 1 aromatic carbocycles. The standard InChI is InChI=1S/C14H17BrN2O2/c1-8(2)12-14(19)17(9(3)13(18)16-12)11-6-4-10(15)5-7-11/h4-9,12H,1-3H3,(H,16,18). The van der Waals surface area contributed by atoms with E-state index in [0.717, 1.165) is 10.2 Å². The highest BCUT2D eigenvalue weighted by Crippen LogP contribution is 2.25. The molecule has 0 aliphatic carbocycles. The molecule has 0 spiro atoms. The SMILES string of the molecule is CC(C)C1NC(=O)C(C)N(c2ccc(Br)cc2)C1=O. The first-order chi connectivity index (χ1) is 8.91. The minimum Gasteiger partial charge on any atom is -0.342 e. The molecule has 1 aromatic rings. The number of amides is 2. The van der Waals surface area contributed by atoms with Crippen molar-refractivity contribution >= 4 is 33.4 Å². The quantitative estimate of drug-likeness (QED) is 0.907. The second kappa shape index (κ2) is 5.33. The molecule has 0 aromatic heterocycles. The summed E-state index contributed by atoms with van der Waals surface area (Å²) < 4.78 is 0.943. The first kappa shape index (κ1) is 14.1. The van der Waals surface area contributed by atoms with Crippen molar-refractivity contribution in [1.82, 2.24) is 5.32 Å². The minimum atomic E-state index is -0.483. The van der Waals surface area contributed by atoms with Gasteiger partial charge < -0.3 is 5.32 Å². The molecular weight excluding hydrogens is 308 g/mol. The van der Waals surface area contributed by atoms with Gasteiger partial charge in [-0.15, -0.1) is 0 Å². The number of hydrogen-bond acceptors (Lipinski definition) is 2. The third-order valence-corrected chi connectivity index (χ3v) is 3.87. The van der Waals surface area contributed by atoms with Crippen LogP contribution in [0, 0.1) is 5.92 Å². The molecule has 1 heterocycles. The van der Waals surface area contributed by atoms with Crippen LogP contribution in [0.2, 0.25) is 0 Å². The Morgan fingerprint density at radius 3 is 2.32 bits per heavy atom. The van der Waals surface area contributed by atoms with E-state index >= 15 is 0 Å². The van der Waals surface area contributed by atoms with Crippen molar-refractivity contribution in [3.8, 4) is 0 Å². The Labute approximate surface area is 121 Å². The van der Waals surface area contributed by atoms with Gasteiger partial charge >= 0.3 is 0 Å². The third kappa shape index (κ3) is 2.66. The number of halogens is 1. The van der Waals surface area contributed by atoms with Gasteiger partial charge in [0.2, 0.25) is 5.91 Å². The predicted molar refractivity (Wildman–Crippen MR) is 77.9 cm³/mol. The van der Waals surface area contributed by atoms with Crippen LogP contribution in [0.15, 0.2) is 28.7 Å². The molecule has 2 atom stereocenters. The van der Waals surface area contributed by atoms with Crippen LogP contribution in [0.4, 0.5) is 5.69 Å². The fourth-order valence-corrected chi connectivity index (χ4v) is 2.46. The topological polar surface area (TPSA) is 49.4 Å². The molecule has 0 bridgehead atoms. The molecule has 2 unspecified atom stereocenters. The van der Waals surface area contributed by atoms with Crippen LogP contribution < -0.4 is 10.2 Å². The summed E-state index contributed by atoms with van der Waals surface area (Å²) in [7, 11) is 0. The molecule has 5 heteroatoms. The molecule has 1 N–H and O–H groups in total. The fourth-order valence-electron chi connectivity index (χ4n) is 2.20. The Hall–Kier alpha value is -1.36. The normalized spacial score (nSPS) is 23.7. The summed E-state index contributed by atoms with van der Waals surface area (Å²) in [6.07, 6.45) is 0. The van der Waals surface area contributed by atoms with Gasteiger partial charge in [-0.05, 0) is 37.1 Å². The smallest absolute Gasteiger partial charge is 0.250 e. The van der Waals surface area contributed by atoms with E-state index in [0.29, 0.717) is 0 Å². The molecule has 4 nitrogen and oxygen atoms in total. The molecule has 1 fully saturated rings. The van der Waals surface area contributed by atoms with Crippen molar-refractivity contribution < 1.29 is 9.59 Å². The van der Waals surface area contributed by atoms with Crippen molar-refractivity contribution in [2.45, 2.75) is 32.9 Å². The zero-order chi connectivity index (χ0) is 14.2. The Kier molecular flexibility index (Phi) is 3.94. The lowest BCUT2D eigenvalue weighted by atomic mass is 9.98. The Balaban J connectivity index is 2.37. The highest BCUT2D eigenvalue weighted by atomic mass is 79.9. The lowest BCUT2D eigenvalue weighted by Gasteiger charge is -2.38. The highest BCUT2D eigenvalue weighted by Gasteiger charge is 2.40. The zero-order valence-corrected chi connectivity index (χ0v) is 12.8. The van der Waals surface area contributed by atoms with Gasteiger partial charge in [0.15, 0.2) is 0 Å². The van der Waals surface area contributed by atoms with Crippen LogP contribution in [-0.4, -0.2) is 23.9 Å². The van der Waals surface area contributed by atoms with Gasteiger partial charge in [0.25, 0.3) is 5.91 Å². The van der Waals surface area contributed by atoms with Gasteiger partial charge in [-0.25, -0.2) is 0 Å². The number of carbonyl (C=O) groups is 2. The monoisotopic (exact) mass is 324 g/mol. The van der Waals surface area contributed by atoms with Gasteiger partial charge in [-0.1, -0.05) is 29.8 Å². The average molecular weight is 325 g/mol. The van der Waals surface area contributed by atoms with Gasteiger partial charge in [0.05, 0.1) is 0 Å². The van der Waals surface area contributed by atoms with Crippen LogP contribution in [-0.2, 0) is 9.59 Å². The molecule has 19 heavy (non-hydrogen) atoms. The molecule has 1 aliphatic heterocycles. The van der Waals surface area contributed by atoms with E-state index in [2.05, 4.69) is 21.2 Å². The lowest BCUT2D eigenvalue weighted by Crippen LogP contribution is -2.64. The molecule has 0 radical (unpaired) electrons. The Bertz CT molecular complexity index is 499. The Morgan fingerprint density at radius 2 is 1.79 bits per heavy atom. The van der Waals surface area contributed by atoms with Crippen molar-refractivity contribution in [1.29, 1.82) is 0 Å². The predicted octanol–water partition coefficient (Wildman–Crippen LogP) is 2.33. The zero-order valence-electron chi connectivity index (χ0n) is 11.2. The molecule has 2 rings (SSSR count). The molecule has 102 valence electrons. The summed E-state index contributed by atoms with van der Waals surface area (Å²) in [4.78, 5) is 26.1. The number of nitrogens with one attached hydrogen (secondary N) is 1. The summed E-state index contributed by atoms with van der Waals surface area (Å²) in [5.41, 5.74) is 0.751. The first-order valence-corrected chi connectivity index (χ1v) is 7.10. The van der Waals surface area contributed by atoms with E-state index < -0.39 is 12.1 Å². The summed E-state index contributed by atoms with van der Waals surface area (Å²) >= 11 is 3.36. The highest BCUT2D eigenvalue weighted by molar-refractivity contribution is 9.10. The summed E-state index contributed by atoms with van der Waals surface area (Å²) in [6, 6.07) is 6.48. The number of nitrogens with zero attached hydrogens (tertiary/aromatic N) is 1. The Morgan fingerprint density at radius 1 is 1.21 bits per heavy atom. The summed E-state index contributed by atoms with van der Waals surface area (Å²) in [5, 5.41) is 2.79. The number of anilines is 1. The average Bonchev–Trinajstić information content (AvgIpc) is 2.36. The molecule has 0 saturated carbocycles. The van der Waals surface area contributed by atoms with Crippen molar-refractivity contribution in [2.75, 3.05) is 4.90 Å². The van der Waals surface area contributed by atoms with E-state index in [1.807, 2.05) is 38.1 Å². The largest absolute Gasteiger partial charge is 0.342 e. The van der Waals surface area contributed by atoms with Crippen LogP contribution in [0.5, 0.6) is 0 Å². The maximum Gasteiger partial charge on any atom is 0.250 e. The van der Waals surface area contributed by atoms with Gasteiger partial charge in [0.1, 0.15) is 12.1 Å². The fraction of sp³-hybridized carbons (Fsp3) is 0.429. The number of hydrogen-bond donors (Lipinski definition) is 1. The van der Waals surface area contributed by atoms with Gasteiger partial charge in [-0.3, -0.25) is 14.5 Å². The molecular formula is C14H17BrN2O2. The number of benzene rings is 1. The van der Waals surface area contributed by atoms with E-state index in [1.165, 1.54) is 0 Å². The first-order valence-electron chi connectivity index (χ1n) is 6.31. The van der Waals surface area contributed by atoms with Gasteiger partial charge in [0, 0.05) is 10.2 Å². The maximum absolute atomic E-state index is 12.5.